The molecule has 1 aliphatic rings. The Labute approximate surface area is 123 Å². The molecule has 3 rings (SSSR count). The molecule has 4 heteroatoms. The summed E-state index contributed by atoms with van der Waals surface area (Å²) in [6.45, 7) is 3.89. The summed E-state index contributed by atoms with van der Waals surface area (Å²) in [7, 11) is 0. The smallest absolute Gasteiger partial charge is 0.303 e. The van der Waals surface area contributed by atoms with Crippen molar-refractivity contribution in [2.75, 3.05) is 0 Å². The Kier molecular flexibility index (Phi) is 4.82. The van der Waals surface area contributed by atoms with E-state index in [1.165, 1.54) is 12.5 Å². The van der Waals surface area contributed by atoms with Crippen molar-refractivity contribution in [2.24, 2.45) is 0 Å². The summed E-state index contributed by atoms with van der Waals surface area (Å²) in [6.07, 6.45) is -0.315. The van der Waals surface area contributed by atoms with Gasteiger partial charge >= 0.3 is 5.97 Å². The first-order valence-corrected chi connectivity index (χ1v) is 6.72. The van der Waals surface area contributed by atoms with E-state index in [4.69, 9.17) is 14.6 Å². The van der Waals surface area contributed by atoms with Crippen LogP contribution in [0.2, 0.25) is 0 Å². The summed E-state index contributed by atoms with van der Waals surface area (Å²) in [4.78, 5) is 10.6. The summed E-state index contributed by atoms with van der Waals surface area (Å²) in [5.41, 5.74) is 2.07. The minimum atomic E-state index is -0.323. The highest BCUT2D eigenvalue weighted by molar-refractivity contribution is 5.66. The fourth-order valence-electron chi connectivity index (χ4n) is 1.99. The number of hydrogen-bond donors (Lipinski definition) is 1. The highest BCUT2D eigenvalue weighted by Gasteiger charge is 2.08. The van der Waals surface area contributed by atoms with Crippen molar-refractivity contribution < 1.29 is 19.4 Å². The number of carbonyl (C=O) groups is 1. The number of carbonyl (C=O) groups excluding carboxylic acids is 1. The molecule has 1 aliphatic heterocycles. The molecule has 2 aromatic carbocycles. The van der Waals surface area contributed by atoms with Gasteiger partial charge in [-0.2, -0.15) is 0 Å². The molecule has 2 bridgehead atoms. The Morgan fingerprint density at radius 3 is 2.62 bits per heavy atom. The van der Waals surface area contributed by atoms with Gasteiger partial charge in [-0.3, -0.25) is 4.79 Å². The fraction of sp³-hybridized carbons (Fsp3) is 0.235. The number of ether oxygens (including phenoxy) is 2. The summed E-state index contributed by atoms with van der Waals surface area (Å²) in [5.74, 6) is 0.856. The summed E-state index contributed by atoms with van der Waals surface area (Å²) in [6, 6.07) is 14.8. The minimum absolute atomic E-state index is 0.177. The Morgan fingerprint density at radius 2 is 2.00 bits per heavy atom. The molecular weight excluding hydrogens is 268 g/mol. The maximum atomic E-state index is 10.6. The van der Waals surface area contributed by atoms with Gasteiger partial charge in [-0.15, -0.1) is 0 Å². The van der Waals surface area contributed by atoms with Crippen molar-refractivity contribution >= 4 is 5.97 Å². The van der Waals surface area contributed by atoms with Gasteiger partial charge < -0.3 is 14.6 Å². The minimum Gasteiger partial charge on any atom is -0.508 e. The predicted molar refractivity (Wildman–Crippen MR) is 79.1 cm³/mol. The zero-order chi connectivity index (χ0) is 15.2. The van der Waals surface area contributed by atoms with Gasteiger partial charge in [-0.1, -0.05) is 24.3 Å². The van der Waals surface area contributed by atoms with Gasteiger partial charge in [0, 0.05) is 6.92 Å². The average molecular weight is 286 g/mol. The van der Waals surface area contributed by atoms with Crippen LogP contribution >= 0.6 is 0 Å². The molecule has 2 aromatic rings. The molecule has 21 heavy (non-hydrogen) atoms. The number of aromatic hydroxyl groups is 1. The van der Waals surface area contributed by atoms with Crippen LogP contribution in [-0.2, 0) is 16.1 Å². The molecule has 0 fully saturated rings. The SMILES string of the molecule is CC(=O)OC(C)c1cccc(O)c1.c1cc2cc(c1)OC2. The van der Waals surface area contributed by atoms with Crippen LogP contribution in [0.1, 0.15) is 31.1 Å². The molecule has 0 aliphatic carbocycles. The Bertz CT molecular complexity index is 602. The molecule has 1 unspecified atom stereocenters. The standard InChI is InChI=1S/C10H12O3.C7H6O/c1-7(13-8(2)11)9-4-3-5-10(12)6-9;1-2-6-4-7(3-1)8-5-6/h3-7,12H,1-2H3;1-4H,5H2. The second-order valence-corrected chi connectivity index (χ2v) is 4.78. The van der Waals surface area contributed by atoms with Crippen LogP contribution in [-0.4, -0.2) is 11.1 Å². The number of hydrogen-bond acceptors (Lipinski definition) is 4. The van der Waals surface area contributed by atoms with E-state index in [0.717, 1.165) is 17.9 Å². The zero-order valence-corrected chi connectivity index (χ0v) is 12.1. The second kappa shape index (κ2) is 6.79. The van der Waals surface area contributed by atoms with Crippen LogP contribution in [0.4, 0.5) is 0 Å². The number of esters is 1. The van der Waals surface area contributed by atoms with Gasteiger partial charge in [0.25, 0.3) is 0 Å². The van der Waals surface area contributed by atoms with E-state index in [1.54, 1.807) is 31.2 Å². The molecule has 1 N–H and O–H groups in total. The first-order valence-electron chi connectivity index (χ1n) is 6.72. The van der Waals surface area contributed by atoms with Crippen LogP contribution in [0, 0.1) is 0 Å². The zero-order valence-electron chi connectivity index (χ0n) is 12.1. The van der Waals surface area contributed by atoms with E-state index in [9.17, 15) is 4.79 Å². The lowest BCUT2D eigenvalue weighted by Gasteiger charge is -2.11. The lowest BCUT2D eigenvalue weighted by molar-refractivity contribution is -0.145. The Morgan fingerprint density at radius 1 is 1.24 bits per heavy atom. The van der Waals surface area contributed by atoms with Crippen molar-refractivity contribution in [3.8, 4) is 11.5 Å². The fourth-order valence-corrected chi connectivity index (χ4v) is 1.99. The average Bonchev–Trinajstić information content (AvgIpc) is 2.77. The van der Waals surface area contributed by atoms with E-state index < -0.39 is 0 Å². The van der Waals surface area contributed by atoms with Crippen LogP contribution in [0.3, 0.4) is 0 Å². The second-order valence-electron chi connectivity index (χ2n) is 4.78. The van der Waals surface area contributed by atoms with E-state index in [0.29, 0.717) is 0 Å². The first-order chi connectivity index (χ1) is 10.0. The molecular formula is C17H18O4. The molecule has 0 amide bonds. The topological polar surface area (TPSA) is 55.8 Å². The van der Waals surface area contributed by atoms with Gasteiger partial charge in [-0.25, -0.2) is 0 Å². The number of benzene rings is 2. The first kappa shape index (κ1) is 14.9. The van der Waals surface area contributed by atoms with Crippen molar-refractivity contribution in [2.45, 2.75) is 26.6 Å². The van der Waals surface area contributed by atoms with Crippen molar-refractivity contribution in [3.05, 3.63) is 59.7 Å². The van der Waals surface area contributed by atoms with Crippen LogP contribution < -0.4 is 4.74 Å². The molecule has 0 radical (unpaired) electrons. The van der Waals surface area contributed by atoms with Crippen molar-refractivity contribution in [1.29, 1.82) is 0 Å². The van der Waals surface area contributed by atoms with Crippen LogP contribution in [0.15, 0.2) is 48.5 Å². The van der Waals surface area contributed by atoms with E-state index in [-0.39, 0.29) is 17.8 Å². The third kappa shape index (κ3) is 4.53. The predicted octanol–water partition coefficient (Wildman–Crippen LogP) is 3.60. The lowest BCUT2D eigenvalue weighted by atomic mass is 10.1. The molecule has 110 valence electrons. The molecule has 1 atom stereocenters. The van der Waals surface area contributed by atoms with Crippen molar-refractivity contribution in [1.82, 2.24) is 0 Å². The molecule has 4 nitrogen and oxygen atoms in total. The maximum absolute atomic E-state index is 10.6. The normalized spacial score (nSPS) is 12.7. The van der Waals surface area contributed by atoms with Crippen LogP contribution in [0.25, 0.3) is 0 Å². The number of fused-ring (bicyclic) bond motifs is 2. The Hall–Kier alpha value is -2.49. The van der Waals surface area contributed by atoms with E-state index in [1.807, 2.05) is 12.1 Å². The highest BCUT2D eigenvalue weighted by Crippen LogP contribution is 2.21. The summed E-state index contributed by atoms with van der Waals surface area (Å²) >= 11 is 0. The van der Waals surface area contributed by atoms with Gasteiger partial charge in [0.15, 0.2) is 0 Å². The number of rotatable bonds is 2. The highest BCUT2D eigenvalue weighted by atomic mass is 16.5. The summed E-state index contributed by atoms with van der Waals surface area (Å²) in [5, 5.41) is 9.16. The third-order valence-electron chi connectivity index (χ3n) is 2.99. The maximum Gasteiger partial charge on any atom is 0.303 e. The van der Waals surface area contributed by atoms with Crippen LogP contribution in [0.5, 0.6) is 11.5 Å². The molecule has 1 heterocycles. The molecule has 0 spiro atoms. The van der Waals surface area contributed by atoms with E-state index >= 15 is 0 Å². The van der Waals surface area contributed by atoms with E-state index in [2.05, 4.69) is 12.1 Å². The largest absolute Gasteiger partial charge is 0.508 e. The monoisotopic (exact) mass is 286 g/mol. The molecule has 0 saturated heterocycles. The number of phenols is 1. The Balaban J connectivity index is 0.000000170. The molecule has 0 aromatic heterocycles. The number of phenolic OH excluding ortho intramolecular Hbond substituents is 1. The third-order valence-corrected chi connectivity index (χ3v) is 2.99. The lowest BCUT2D eigenvalue weighted by Crippen LogP contribution is -2.04. The summed E-state index contributed by atoms with van der Waals surface area (Å²) < 4.78 is 10.1. The molecule has 0 saturated carbocycles. The quantitative estimate of drug-likeness (QED) is 0.857. The van der Waals surface area contributed by atoms with Gasteiger partial charge in [0.1, 0.15) is 24.2 Å². The van der Waals surface area contributed by atoms with Gasteiger partial charge in [-0.05, 0) is 42.3 Å². The van der Waals surface area contributed by atoms with Gasteiger partial charge in [0.2, 0.25) is 0 Å². The van der Waals surface area contributed by atoms with Gasteiger partial charge in [0.05, 0.1) is 0 Å². The van der Waals surface area contributed by atoms with Crippen molar-refractivity contribution in [3.63, 3.8) is 0 Å².